The molecule has 19 heavy (non-hydrogen) atoms. The van der Waals surface area contributed by atoms with Crippen LogP contribution in [0.3, 0.4) is 0 Å². The number of nitrogens with zero attached hydrogens (tertiary/aromatic N) is 1. The lowest BCUT2D eigenvalue weighted by Gasteiger charge is -2.11. The van der Waals surface area contributed by atoms with E-state index in [2.05, 4.69) is 5.32 Å². The third-order valence-corrected chi connectivity index (χ3v) is 2.65. The van der Waals surface area contributed by atoms with Crippen molar-refractivity contribution in [3.05, 3.63) is 40.6 Å². The maximum absolute atomic E-state index is 11.5. The number of nitrogens with one attached hydrogen (secondary N) is 1. The van der Waals surface area contributed by atoms with Crippen LogP contribution in [-0.2, 0) is 9.53 Å². The molecule has 0 atom stereocenters. The first-order valence-electron chi connectivity index (χ1n) is 6.11. The number of hydrogen-bond donors (Lipinski definition) is 1. The maximum atomic E-state index is 11.5. The monoisotopic (exact) mass is 258 g/mol. The first kappa shape index (κ1) is 14.8. The number of nitriles is 1. The summed E-state index contributed by atoms with van der Waals surface area (Å²) in [4.78, 5) is 11.5. The summed E-state index contributed by atoms with van der Waals surface area (Å²) in [5.74, 6) is -0.611. The summed E-state index contributed by atoms with van der Waals surface area (Å²) in [7, 11) is 0. The normalized spacial score (nSPS) is 10.8. The standard InChI is InChI=1S/C15H18N2O2/c1-5-19-15(18)13(8-16)9-17-14-11(3)6-10(2)7-12(14)4/h6-7,9,17H,5H2,1-4H3/b13-9+. The summed E-state index contributed by atoms with van der Waals surface area (Å²) in [5, 5.41) is 11.9. The van der Waals surface area contributed by atoms with Crippen LogP contribution in [0.25, 0.3) is 0 Å². The number of benzene rings is 1. The summed E-state index contributed by atoms with van der Waals surface area (Å²) in [6, 6.07) is 5.91. The zero-order valence-electron chi connectivity index (χ0n) is 11.7. The molecule has 0 unspecified atom stereocenters. The van der Waals surface area contributed by atoms with Gasteiger partial charge in [0.2, 0.25) is 0 Å². The van der Waals surface area contributed by atoms with Gasteiger partial charge in [-0.3, -0.25) is 0 Å². The summed E-state index contributed by atoms with van der Waals surface area (Å²) in [6.45, 7) is 7.94. The van der Waals surface area contributed by atoms with Gasteiger partial charge in [0.15, 0.2) is 5.57 Å². The van der Waals surface area contributed by atoms with Crippen molar-refractivity contribution in [3.8, 4) is 6.07 Å². The molecule has 0 spiro atoms. The molecule has 1 N–H and O–H groups in total. The largest absolute Gasteiger partial charge is 0.462 e. The van der Waals surface area contributed by atoms with Crippen molar-refractivity contribution in [2.45, 2.75) is 27.7 Å². The number of carbonyl (C=O) groups excluding carboxylic acids is 1. The molecule has 0 saturated heterocycles. The van der Waals surface area contributed by atoms with Gasteiger partial charge in [-0.25, -0.2) is 4.79 Å². The third kappa shape index (κ3) is 3.85. The van der Waals surface area contributed by atoms with Crippen molar-refractivity contribution in [2.24, 2.45) is 0 Å². The van der Waals surface area contributed by atoms with Crippen molar-refractivity contribution in [3.63, 3.8) is 0 Å². The summed E-state index contributed by atoms with van der Waals surface area (Å²) >= 11 is 0. The van der Waals surface area contributed by atoms with Gasteiger partial charge in [0, 0.05) is 11.9 Å². The molecule has 4 heteroatoms. The number of rotatable bonds is 4. The van der Waals surface area contributed by atoms with Crippen LogP contribution in [0.1, 0.15) is 23.6 Å². The molecule has 0 heterocycles. The molecule has 0 saturated carbocycles. The lowest BCUT2D eigenvalue weighted by molar-refractivity contribution is -0.138. The fourth-order valence-corrected chi connectivity index (χ4v) is 1.90. The van der Waals surface area contributed by atoms with Crippen LogP contribution in [0.5, 0.6) is 0 Å². The molecular formula is C15H18N2O2. The van der Waals surface area contributed by atoms with Crippen LogP contribution < -0.4 is 5.32 Å². The van der Waals surface area contributed by atoms with Gasteiger partial charge in [-0.1, -0.05) is 17.7 Å². The Morgan fingerprint density at radius 1 is 1.37 bits per heavy atom. The Morgan fingerprint density at radius 3 is 2.42 bits per heavy atom. The Kier molecular flexibility index (Phi) is 5.13. The van der Waals surface area contributed by atoms with Crippen LogP contribution in [0.4, 0.5) is 5.69 Å². The van der Waals surface area contributed by atoms with Gasteiger partial charge >= 0.3 is 5.97 Å². The van der Waals surface area contributed by atoms with E-state index in [-0.39, 0.29) is 12.2 Å². The average molecular weight is 258 g/mol. The zero-order chi connectivity index (χ0) is 14.4. The van der Waals surface area contributed by atoms with Gasteiger partial charge in [-0.2, -0.15) is 5.26 Å². The minimum absolute atomic E-state index is 0.0405. The predicted molar refractivity (Wildman–Crippen MR) is 74.6 cm³/mol. The van der Waals surface area contributed by atoms with E-state index in [9.17, 15) is 4.79 Å². The van der Waals surface area contributed by atoms with Gasteiger partial charge < -0.3 is 10.1 Å². The quantitative estimate of drug-likeness (QED) is 0.512. The minimum atomic E-state index is -0.611. The van der Waals surface area contributed by atoms with Crippen molar-refractivity contribution < 1.29 is 9.53 Å². The van der Waals surface area contributed by atoms with Gasteiger partial charge in [-0.15, -0.1) is 0 Å². The van der Waals surface area contributed by atoms with E-state index in [1.807, 2.05) is 39.0 Å². The van der Waals surface area contributed by atoms with Crippen molar-refractivity contribution in [1.29, 1.82) is 5.26 Å². The van der Waals surface area contributed by atoms with Crippen LogP contribution in [-0.4, -0.2) is 12.6 Å². The van der Waals surface area contributed by atoms with E-state index in [0.717, 1.165) is 16.8 Å². The SMILES string of the molecule is CCOC(=O)/C(C#N)=C/Nc1c(C)cc(C)cc1C. The summed E-state index contributed by atoms with van der Waals surface area (Å²) < 4.78 is 4.79. The zero-order valence-corrected chi connectivity index (χ0v) is 11.7. The molecule has 100 valence electrons. The Balaban J connectivity index is 2.97. The van der Waals surface area contributed by atoms with Crippen LogP contribution >= 0.6 is 0 Å². The van der Waals surface area contributed by atoms with E-state index in [4.69, 9.17) is 10.00 Å². The minimum Gasteiger partial charge on any atom is -0.462 e. The molecule has 0 aliphatic rings. The van der Waals surface area contributed by atoms with Gasteiger partial charge in [0.1, 0.15) is 6.07 Å². The van der Waals surface area contributed by atoms with E-state index in [1.165, 1.54) is 11.8 Å². The number of ether oxygens (including phenoxy) is 1. The fraction of sp³-hybridized carbons (Fsp3) is 0.333. The van der Waals surface area contributed by atoms with E-state index in [1.54, 1.807) is 6.92 Å². The maximum Gasteiger partial charge on any atom is 0.350 e. The topological polar surface area (TPSA) is 62.1 Å². The second-order valence-electron chi connectivity index (χ2n) is 4.31. The molecule has 0 aliphatic carbocycles. The number of carbonyl (C=O) groups is 1. The van der Waals surface area contributed by atoms with E-state index < -0.39 is 5.97 Å². The van der Waals surface area contributed by atoms with Gasteiger partial charge in [0.05, 0.1) is 6.61 Å². The van der Waals surface area contributed by atoms with Crippen LogP contribution in [0, 0.1) is 32.1 Å². The Labute approximate surface area is 113 Å². The Morgan fingerprint density at radius 2 is 1.95 bits per heavy atom. The molecule has 1 aromatic rings. The van der Waals surface area contributed by atoms with Crippen LogP contribution in [0.15, 0.2) is 23.9 Å². The highest BCUT2D eigenvalue weighted by Gasteiger charge is 2.10. The predicted octanol–water partition coefficient (Wildman–Crippen LogP) is 2.99. The number of esters is 1. The van der Waals surface area contributed by atoms with Crippen molar-refractivity contribution in [1.82, 2.24) is 0 Å². The molecule has 0 fully saturated rings. The smallest absolute Gasteiger partial charge is 0.350 e. The second kappa shape index (κ2) is 6.60. The molecule has 0 amide bonds. The highest BCUT2D eigenvalue weighted by Crippen LogP contribution is 2.22. The summed E-state index contributed by atoms with van der Waals surface area (Å²) in [5.41, 5.74) is 4.17. The molecule has 4 nitrogen and oxygen atoms in total. The third-order valence-electron chi connectivity index (χ3n) is 2.65. The molecule has 0 aliphatic heterocycles. The van der Waals surface area contributed by atoms with Crippen molar-refractivity contribution >= 4 is 11.7 Å². The van der Waals surface area contributed by atoms with Crippen LogP contribution in [0.2, 0.25) is 0 Å². The van der Waals surface area contributed by atoms with Gasteiger partial charge in [-0.05, 0) is 38.8 Å². The van der Waals surface area contributed by atoms with Crippen molar-refractivity contribution in [2.75, 3.05) is 11.9 Å². The average Bonchev–Trinajstić information content (AvgIpc) is 2.32. The number of hydrogen-bond acceptors (Lipinski definition) is 4. The lowest BCUT2D eigenvalue weighted by Crippen LogP contribution is -2.08. The molecule has 0 radical (unpaired) electrons. The molecule has 0 bridgehead atoms. The molecule has 1 rings (SSSR count). The lowest BCUT2D eigenvalue weighted by atomic mass is 10.1. The van der Waals surface area contributed by atoms with Gasteiger partial charge in [0.25, 0.3) is 0 Å². The highest BCUT2D eigenvalue weighted by atomic mass is 16.5. The fourth-order valence-electron chi connectivity index (χ4n) is 1.90. The highest BCUT2D eigenvalue weighted by molar-refractivity contribution is 5.93. The van der Waals surface area contributed by atoms with E-state index in [0.29, 0.717) is 0 Å². The number of aryl methyl sites for hydroxylation is 3. The first-order valence-corrected chi connectivity index (χ1v) is 6.11. The Hall–Kier alpha value is -2.28. The van der Waals surface area contributed by atoms with E-state index >= 15 is 0 Å². The summed E-state index contributed by atoms with van der Waals surface area (Å²) in [6.07, 6.45) is 1.39. The number of anilines is 1. The first-order chi connectivity index (χ1) is 8.99. The second-order valence-corrected chi connectivity index (χ2v) is 4.31. The molecular weight excluding hydrogens is 240 g/mol. The molecule has 1 aromatic carbocycles. The Bertz CT molecular complexity index is 531. The molecule has 0 aromatic heterocycles.